The van der Waals surface area contributed by atoms with Gasteiger partial charge in [0.05, 0.1) is 25.3 Å². The number of nitrogens with zero attached hydrogens (tertiary/aromatic N) is 2. The van der Waals surface area contributed by atoms with Crippen LogP contribution >= 0.6 is 0 Å². The minimum Gasteiger partial charge on any atom is -0.493 e. The van der Waals surface area contributed by atoms with E-state index in [1.54, 1.807) is 14.2 Å². The van der Waals surface area contributed by atoms with Crippen molar-refractivity contribution in [1.29, 1.82) is 0 Å². The molecule has 118 valence electrons. The Morgan fingerprint density at radius 3 is 2.04 bits per heavy atom. The summed E-state index contributed by atoms with van der Waals surface area (Å²) >= 11 is 0. The minimum atomic E-state index is 0.678. The Kier molecular flexibility index (Phi) is 3.50. The molecule has 4 heteroatoms. The molecular weight excluding hydrogens is 300 g/mol. The number of methoxy groups -OCH3 is 2. The number of aromatic nitrogens is 2. The van der Waals surface area contributed by atoms with Gasteiger partial charge in [-0.3, -0.25) is 9.97 Å². The van der Waals surface area contributed by atoms with Crippen LogP contribution in [0.15, 0.2) is 60.9 Å². The van der Waals surface area contributed by atoms with Gasteiger partial charge >= 0.3 is 0 Å². The first-order valence-electron chi connectivity index (χ1n) is 7.65. The molecule has 0 N–H and O–H groups in total. The molecule has 2 aromatic carbocycles. The molecule has 4 rings (SSSR count). The lowest BCUT2D eigenvalue weighted by molar-refractivity contribution is 0.356. The van der Waals surface area contributed by atoms with Gasteiger partial charge in [-0.25, -0.2) is 0 Å². The molecule has 0 bridgehead atoms. The molecule has 4 aromatic rings. The van der Waals surface area contributed by atoms with E-state index in [0.29, 0.717) is 11.5 Å². The van der Waals surface area contributed by atoms with Gasteiger partial charge in [-0.1, -0.05) is 18.2 Å². The molecule has 24 heavy (non-hydrogen) atoms. The Labute approximate surface area is 139 Å². The summed E-state index contributed by atoms with van der Waals surface area (Å²) in [5.41, 5.74) is 3.91. The number of fused-ring (bicyclic) bond motifs is 2. The van der Waals surface area contributed by atoms with Crippen LogP contribution in [0.4, 0.5) is 0 Å². The third kappa shape index (κ3) is 2.42. The first-order chi connectivity index (χ1) is 11.8. The number of pyridine rings is 2. The highest BCUT2D eigenvalue weighted by atomic mass is 16.5. The van der Waals surface area contributed by atoms with E-state index >= 15 is 0 Å². The fraction of sp³-hybridized carbons (Fsp3) is 0.100. The normalized spacial score (nSPS) is 10.9. The van der Waals surface area contributed by atoms with Crippen LogP contribution < -0.4 is 9.47 Å². The summed E-state index contributed by atoms with van der Waals surface area (Å²) < 4.78 is 10.7. The van der Waals surface area contributed by atoms with Crippen LogP contribution in [0.2, 0.25) is 0 Å². The van der Waals surface area contributed by atoms with Gasteiger partial charge in [-0.2, -0.15) is 0 Å². The van der Waals surface area contributed by atoms with E-state index < -0.39 is 0 Å². The number of hydrogen-bond acceptors (Lipinski definition) is 4. The van der Waals surface area contributed by atoms with Gasteiger partial charge < -0.3 is 9.47 Å². The number of benzene rings is 2. The quantitative estimate of drug-likeness (QED) is 0.559. The van der Waals surface area contributed by atoms with Crippen molar-refractivity contribution in [3.05, 3.63) is 60.9 Å². The Bertz CT molecular complexity index is 1040. The van der Waals surface area contributed by atoms with Gasteiger partial charge in [0.1, 0.15) is 0 Å². The van der Waals surface area contributed by atoms with Crippen molar-refractivity contribution >= 4 is 21.8 Å². The zero-order chi connectivity index (χ0) is 16.5. The van der Waals surface area contributed by atoms with Gasteiger partial charge in [0, 0.05) is 40.4 Å². The molecular formula is C20H16N2O2. The molecule has 0 saturated heterocycles. The van der Waals surface area contributed by atoms with Crippen LogP contribution in [0.25, 0.3) is 32.9 Å². The maximum atomic E-state index is 5.38. The summed E-state index contributed by atoms with van der Waals surface area (Å²) in [6.45, 7) is 0. The maximum Gasteiger partial charge on any atom is 0.162 e. The van der Waals surface area contributed by atoms with Gasteiger partial charge in [0.15, 0.2) is 11.5 Å². The Balaban J connectivity index is 1.86. The van der Waals surface area contributed by atoms with Crippen molar-refractivity contribution in [2.75, 3.05) is 14.2 Å². The van der Waals surface area contributed by atoms with Crippen LogP contribution in [0.3, 0.4) is 0 Å². The topological polar surface area (TPSA) is 44.2 Å². The maximum absolute atomic E-state index is 5.38. The van der Waals surface area contributed by atoms with E-state index in [0.717, 1.165) is 32.9 Å². The van der Waals surface area contributed by atoms with E-state index in [2.05, 4.69) is 28.2 Å². The van der Waals surface area contributed by atoms with E-state index in [9.17, 15) is 0 Å². The highest BCUT2D eigenvalue weighted by Crippen LogP contribution is 2.33. The van der Waals surface area contributed by atoms with Gasteiger partial charge in [0.2, 0.25) is 0 Å². The van der Waals surface area contributed by atoms with Crippen molar-refractivity contribution < 1.29 is 9.47 Å². The Morgan fingerprint density at radius 1 is 0.667 bits per heavy atom. The molecule has 0 unspecified atom stereocenters. The van der Waals surface area contributed by atoms with Gasteiger partial charge in [0.25, 0.3) is 0 Å². The second-order valence-corrected chi connectivity index (χ2v) is 5.54. The zero-order valence-corrected chi connectivity index (χ0v) is 13.5. The van der Waals surface area contributed by atoms with E-state index in [-0.39, 0.29) is 0 Å². The molecule has 0 aliphatic rings. The van der Waals surface area contributed by atoms with Crippen LogP contribution in [0, 0.1) is 0 Å². The first-order valence-corrected chi connectivity index (χ1v) is 7.65. The summed E-state index contributed by atoms with van der Waals surface area (Å²) in [4.78, 5) is 9.08. The van der Waals surface area contributed by atoms with Gasteiger partial charge in [-0.15, -0.1) is 0 Å². The molecule has 0 saturated carbocycles. The van der Waals surface area contributed by atoms with E-state index in [1.165, 1.54) is 0 Å². The molecule has 0 spiro atoms. The predicted molar refractivity (Wildman–Crippen MR) is 95.6 cm³/mol. The average molecular weight is 316 g/mol. The number of para-hydroxylation sites is 1. The molecule has 0 atom stereocenters. The van der Waals surface area contributed by atoms with Crippen LogP contribution in [-0.4, -0.2) is 24.2 Å². The summed E-state index contributed by atoms with van der Waals surface area (Å²) in [6, 6.07) is 16.1. The SMILES string of the molecule is COc1cc2cc(-c3cnc4ccccc4c3)cnc2cc1OC. The van der Waals surface area contributed by atoms with Crippen LogP contribution in [0.1, 0.15) is 0 Å². The lowest BCUT2D eigenvalue weighted by Crippen LogP contribution is -1.92. The largest absolute Gasteiger partial charge is 0.493 e. The standard InChI is InChI=1S/C20H16N2O2/c1-23-19-9-14-8-16(12-22-18(14)10-20(19)24-2)15-7-13-5-3-4-6-17(13)21-11-15/h3-12H,1-2H3. The summed E-state index contributed by atoms with van der Waals surface area (Å²) in [5, 5.41) is 2.11. The van der Waals surface area contributed by atoms with E-state index in [4.69, 9.17) is 9.47 Å². The van der Waals surface area contributed by atoms with Crippen LogP contribution in [-0.2, 0) is 0 Å². The Hall–Kier alpha value is -3.14. The van der Waals surface area contributed by atoms with E-state index in [1.807, 2.05) is 42.7 Å². The number of rotatable bonds is 3. The third-order valence-electron chi connectivity index (χ3n) is 4.11. The highest BCUT2D eigenvalue weighted by Gasteiger charge is 2.08. The molecule has 4 nitrogen and oxygen atoms in total. The first kappa shape index (κ1) is 14.5. The molecule has 0 radical (unpaired) electrons. The molecule has 2 heterocycles. The summed E-state index contributed by atoms with van der Waals surface area (Å²) in [7, 11) is 3.26. The lowest BCUT2D eigenvalue weighted by Gasteiger charge is -2.10. The lowest BCUT2D eigenvalue weighted by atomic mass is 10.0. The van der Waals surface area contributed by atoms with Crippen molar-refractivity contribution in [3.63, 3.8) is 0 Å². The molecule has 2 aromatic heterocycles. The van der Waals surface area contributed by atoms with Crippen molar-refractivity contribution in [2.24, 2.45) is 0 Å². The molecule has 0 aliphatic heterocycles. The van der Waals surface area contributed by atoms with Gasteiger partial charge in [-0.05, 0) is 24.3 Å². The molecule has 0 amide bonds. The van der Waals surface area contributed by atoms with Crippen molar-refractivity contribution in [2.45, 2.75) is 0 Å². The molecule has 0 fully saturated rings. The monoisotopic (exact) mass is 316 g/mol. The van der Waals surface area contributed by atoms with Crippen molar-refractivity contribution in [1.82, 2.24) is 9.97 Å². The fourth-order valence-electron chi connectivity index (χ4n) is 2.84. The minimum absolute atomic E-state index is 0.678. The zero-order valence-electron chi connectivity index (χ0n) is 13.5. The smallest absolute Gasteiger partial charge is 0.162 e. The number of ether oxygens (including phenoxy) is 2. The fourth-order valence-corrected chi connectivity index (χ4v) is 2.84. The number of hydrogen-bond donors (Lipinski definition) is 0. The second-order valence-electron chi connectivity index (χ2n) is 5.54. The highest BCUT2D eigenvalue weighted by molar-refractivity contribution is 5.88. The average Bonchev–Trinajstić information content (AvgIpc) is 2.66. The van der Waals surface area contributed by atoms with Crippen molar-refractivity contribution in [3.8, 4) is 22.6 Å². The predicted octanol–water partition coefficient (Wildman–Crippen LogP) is 4.47. The molecule has 0 aliphatic carbocycles. The Morgan fingerprint density at radius 2 is 1.29 bits per heavy atom. The second kappa shape index (κ2) is 5.81. The third-order valence-corrected chi connectivity index (χ3v) is 4.11. The summed E-state index contributed by atoms with van der Waals surface area (Å²) in [6.07, 6.45) is 3.74. The van der Waals surface area contributed by atoms with Crippen LogP contribution in [0.5, 0.6) is 11.5 Å². The summed E-state index contributed by atoms with van der Waals surface area (Å²) in [5.74, 6) is 1.37.